The summed E-state index contributed by atoms with van der Waals surface area (Å²) in [5.41, 5.74) is 7.06. The number of para-hydroxylation sites is 1. The van der Waals surface area contributed by atoms with E-state index in [2.05, 4.69) is 0 Å². The van der Waals surface area contributed by atoms with Gasteiger partial charge in [0.05, 0.1) is 11.3 Å². The van der Waals surface area contributed by atoms with Gasteiger partial charge in [-0.25, -0.2) is 0 Å². The molecule has 1 aromatic rings. The number of carbonyl (C=O) groups is 2. The van der Waals surface area contributed by atoms with Crippen LogP contribution in [0.4, 0.5) is 5.69 Å². The fourth-order valence-electron chi connectivity index (χ4n) is 2.26. The molecule has 2 rings (SSSR count). The van der Waals surface area contributed by atoms with E-state index in [4.69, 9.17) is 5.73 Å². The third-order valence-corrected chi connectivity index (χ3v) is 3.15. The highest BCUT2D eigenvalue weighted by molar-refractivity contribution is 6.07. The topological polar surface area (TPSA) is 63.4 Å². The van der Waals surface area contributed by atoms with Gasteiger partial charge in [-0.3, -0.25) is 9.59 Å². The summed E-state index contributed by atoms with van der Waals surface area (Å²) in [6.45, 7) is 6.25. The van der Waals surface area contributed by atoms with Gasteiger partial charge in [0, 0.05) is 12.0 Å². The Morgan fingerprint density at radius 2 is 1.94 bits per heavy atom. The van der Waals surface area contributed by atoms with E-state index in [0.29, 0.717) is 17.8 Å². The summed E-state index contributed by atoms with van der Waals surface area (Å²) in [7, 11) is 0. The Balaban J connectivity index is 2.50. The summed E-state index contributed by atoms with van der Waals surface area (Å²) < 4.78 is 0. The zero-order valence-electron chi connectivity index (χ0n) is 11.0. The zero-order valence-corrected chi connectivity index (χ0v) is 11.0. The number of nitrogens with zero attached hydrogens (tertiary/aromatic N) is 1. The molecule has 0 spiro atoms. The maximum absolute atomic E-state index is 12.4. The average Bonchev–Trinajstić information content (AvgIpc) is 2.69. The highest BCUT2D eigenvalue weighted by Crippen LogP contribution is 2.34. The fourth-order valence-corrected chi connectivity index (χ4v) is 2.26. The van der Waals surface area contributed by atoms with Gasteiger partial charge in [-0.05, 0) is 18.1 Å². The standard InChI is InChI=1S/C14H18N2O2/c1-14(2,3)13(18)16-8-7-9-5-4-6-10(11(9)16)12(15)17/h4-6H,7-8H2,1-3H3,(H2,15,17). The minimum atomic E-state index is -0.486. The van der Waals surface area contributed by atoms with Crippen molar-refractivity contribution in [2.75, 3.05) is 11.4 Å². The first kappa shape index (κ1) is 12.6. The fraction of sp³-hybridized carbons (Fsp3) is 0.429. The number of hydrogen-bond acceptors (Lipinski definition) is 2. The molecule has 0 bridgehead atoms. The molecule has 2 N–H and O–H groups in total. The summed E-state index contributed by atoms with van der Waals surface area (Å²) in [5, 5.41) is 0. The van der Waals surface area contributed by atoms with Crippen molar-refractivity contribution in [3.63, 3.8) is 0 Å². The van der Waals surface area contributed by atoms with Crippen LogP contribution in [0, 0.1) is 5.41 Å². The molecule has 1 aliphatic heterocycles. The van der Waals surface area contributed by atoms with Gasteiger partial charge in [-0.2, -0.15) is 0 Å². The molecule has 0 unspecified atom stereocenters. The number of hydrogen-bond donors (Lipinski definition) is 1. The molecule has 18 heavy (non-hydrogen) atoms. The lowest BCUT2D eigenvalue weighted by Crippen LogP contribution is -2.39. The Labute approximate surface area is 107 Å². The Hall–Kier alpha value is -1.84. The first-order valence-electron chi connectivity index (χ1n) is 6.06. The quantitative estimate of drug-likeness (QED) is 0.820. The molecule has 96 valence electrons. The van der Waals surface area contributed by atoms with Crippen molar-refractivity contribution in [3.8, 4) is 0 Å². The summed E-state index contributed by atoms with van der Waals surface area (Å²) in [6.07, 6.45) is 0.776. The molecule has 0 fully saturated rings. The van der Waals surface area contributed by atoms with E-state index >= 15 is 0 Å². The summed E-state index contributed by atoms with van der Waals surface area (Å²) >= 11 is 0. The molecule has 1 aromatic carbocycles. The van der Waals surface area contributed by atoms with Crippen LogP contribution in [-0.4, -0.2) is 18.4 Å². The molecule has 4 heteroatoms. The van der Waals surface area contributed by atoms with Gasteiger partial charge in [0.25, 0.3) is 5.91 Å². The molecule has 0 radical (unpaired) electrons. The van der Waals surface area contributed by atoms with Gasteiger partial charge >= 0.3 is 0 Å². The number of primary amides is 1. The molecule has 1 aliphatic rings. The van der Waals surface area contributed by atoms with Crippen LogP contribution in [0.3, 0.4) is 0 Å². The lowest BCUT2D eigenvalue weighted by atomic mass is 9.94. The SMILES string of the molecule is CC(C)(C)C(=O)N1CCc2cccc(C(N)=O)c21. The van der Waals surface area contributed by atoms with Gasteiger partial charge in [-0.1, -0.05) is 32.9 Å². The molecule has 0 saturated heterocycles. The Bertz CT molecular complexity index is 515. The van der Waals surface area contributed by atoms with Crippen molar-refractivity contribution in [1.29, 1.82) is 0 Å². The van der Waals surface area contributed by atoms with Crippen LogP contribution in [0.1, 0.15) is 36.7 Å². The number of rotatable bonds is 1. The maximum Gasteiger partial charge on any atom is 0.250 e. The normalized spacial score (nSPS) is 14.5. The van der Waals surface area contributed by atoms with Crippen LogP contribution in [0.5, 0.6) is 0 Å². The smallest absolute Gasteiger partial charge is 0.250 e. The predicted octanol–water partition coefficient (Wildman–Crippen LogP) is 1.72. The van der Waals surface area contributed by atoms with E-state index in [1.165, 1.54) is 0 Å². The van der Waals surface area contributed by atoms with Crippen molar-refractivity contribution >= 4 is 17.5 Å². The molecular formula is C14H18N2O2. The second kappa shape index (κ2) is 4.12. The van der Waals surface area contributed by atoms with E-state index in [-0.39, 0.29) is 5.91 Å². The second-order valence-electron chi connectivity index (χ2n) is 5.63. The largest absolute Gasteiger partial charge is 0.366 e. The van der Waals surface area contributed by atoms with Crippen LogP contribution in [0.15, 0.2) is 18.2 Å². The highest BCUT2D eigenvalue weighted by Gasteiger charge is 2.34. The molecule has 2 amide bonds. The van der Waals surface area contributed by atoms with Crippen LogP contribution < -0.4 is 10.6 Å². The van der Waals surface area contributed by atoms with E-state index < -0.39 is 11.3 Å². The van der Waals surface area contributed by atoms with Crippen LogP contribution >= 0.6 is 0 Å². The number of fused-ring (bicyclic) bond motifs is 1. The second-order valence-corrected chi connectivity index (χ2v) is 5.63. The van der Waals surface area contributed by atoms with Crippen LogP contribution in [0.2, 0.25) is 0 Å². The van der Waals surface area contributed by atoms with Gasteiger partial charge < -0.3 is 10.6 Å². The van der Waals surface area contributed by atoms with Crippen LogP contribution in [-0.2, 0) is 11.2 Å². The summed E-state index contributed by atoms with van der Waals surface area (Å²) in [5.74, 6) is -0.463. The van der Waals surface area contributed by atoms with E-state index in [1.807, 2.05) is 32.9 Å². The average molecular weight is 246 g/mol. The third-order valence-electron chi connectivity index (χ3n) is 3.15. The van der Waals surface area contributed by atoms with Crippen molar-refractivity contribution in [2.24, 2.45) is 11.1 Å². The number of carbonyl (C=O) groups excluding carboxylic acids is 2. The number of anilines is 1. The Kier molecular flexibility index (Phi) is 2.89. The van der Waals surface area contributed by atoms with Crippen molar-refractivity contribution < 1.29 is 9.59 Å². The van der Waals surface area contributed by atoms with E-state index in [9.17, 15) is 9.59 Å². The minimum Gasteiger partial charge on any atom is -0.366 e. The van der Waals surface area contributed by atoms with Gasteiger partial charge in [0.1, 0.15) is 0 Å². The zero-order chi connectivity index (χ0) is 13.5. The third kappa shape index (κ3) is 1.98. The maximum atomic E-state index is 12.4. The molecule has 0 aromatic heterocycles. The van der Waals surface area contributed by atoms with Crippen molar-refractivity contribution in [3.05, 3.63) is 29.3 Å². The van der Waals surface area contributed by atoms with Crippen LogP contribution in [0.25, 0.3) is 0 Å². The summed E-state index contributed by atoms with van der Waals surface area (Å²) in [6, 6.07) is 5.43. The van der Waals surface area contributed by atoms with Gasteiger partial charge in [-0.15, -0.1) is 0 Å². The molecule has 0 aliphatic carbocycles. The summed E-state index contributed by atoms with van der Waals surface area (Å²) in [4.78, 5) is 25.5. The van der Waals surface area contributed by atoms with Gasteiger partial charge in [0.15, 0.2) is 0 Å². The first-order valence-corrected chi connectivity index (χ1v) is 6.06. The molecule has 0 atom stereocenters. The molecular weight excluding hydrogens is 228 g/mol. The number of nitrogens with two attached hydrogens (primary N) is 1. The number of benzene rings is 1. The van der Waals surface area contributed by atoms with Gasteiger partial charge in [0.2, 0.25) is 5.91 Å². The Morgan fingerprint density at radius 1 is 1.28 bits per heavy atom. The highest BCUT2D eigenvalue weighted by atomic mass is 16.2. The minimum absolute atomic E-state index is 0.0231. The first-order chi connectivity index (χ1) is 8.32. The number of amides is 2. The molecule has 0 saturated carbocycles. The molecule has 1 heterocycles. The lowest BCUT2D eigenvalue weighted by Gasteiger charge is -2.27. The molecule has 4 nitrogen and oxygen atoms in total. The van der Waals surface area contributed by atoms with E-state index in [0.717, 1.165) is 12.0 Å². The lowest BCUT2D eigenvalue weighted by molar-refractivity contribution is -0.125. The van der Waals surface area contributed by atoms with E-state index in [1.54, 1.807) is 11.0 Å². The predicted molar refractivity (Wildman–Crippen MR) is 70.5 cm³/mol. The van der Waals surface area contributed by atoms with Crippen molar-refractivity contribution in [2.45, 2.75) is 27.2 Å². The monoisotopic (exact) mass is 246 g/mol. The van der Waals surface area contributed by atoms with Crippen molar-refractivity contribution in [1.82, 2.24) is 0 Å². The Morgan fingerprint density at radius 3 is 2.50 bits per heavy atom.